The molecule has 0 fully saturated rings. The number of aliphatic hydroxyl groups excluding tert-OH is 3. The molecule has 5 heteroatoms. The third-order valence-corrected chi connectivity index (χ3v) is 11.2. The number of carbonyl (C=O) groups is 1. The predicted molar refractivity (Wildman–Crippen MR) is 236 cm³/mol. The first-order valence-electron chi connectivity index (χ1n) is 24.1. The van der Waals surface area contributed by atoms with Gasteiger partial charge in [0.2, 0.25) is 5.91 Å². The highest BCUT2D eigenvalue weighted by molar-refractivity contribution is 5.76. The van der Waals surface area contributed by atoms with Crippen LogP contribution >= 0.6 is 0 Å². The fraction of sp³-hybridized carbons (Fsp3) is 0.898. The van der Waals surface area contributed by atoms with Crippen molar-refractivity contribution in [1.29, 1.82) is 0 Å². The van der Waals surface area contributed by atoms with Crippen molar-refractivity contribution in [2.24, 2.45) is 0 Å². The van der Waals surface area contributed by atoms with E-state index in [9.17, 15) is 20.1 Å². The number of hydrogen-bond acceptors (Lipinski definition) is 4. The molecule has 3 atom stereocenters. The van der Waals surface area contributed by atoms with Gasteiger partial charge in [-0.05, 0) is 44.9 Å². The van der Waals surface area contributed by atoms with Crippen molar-refractivity contribution in [3.63, 3.8) is 0 Å². The van der Waals surface area contributed by atoms with E-state index in [0.29, 0.717) is 6.42 Å². The number of amides is 1. The minimum absolute atomic E-state index is 0.0127. The second-order valence-electron chi connectivity index (χ2n) is 16.7. The van der Waals surface area contributed by atoms with Crippen molar-refractivity contribution >= 4 is 5.91 Å². The van der Waals surface area contributed by atoms with Crippen LogP contribution in [0.3, 0.4) is 0 Å². The van der Waals surface area contributed by atoms with Gasteiger partial charge in [-0.3, -0.25) is 4.79 Å². The van der Waals surface area contributed by atoms with Crippen molar-refractivity contribution < 1.29 is 20.1 Å². The van der Waals surface area contributed by atoms with Crippen LogP contribution < -0.4 is 5.32 Å². The van der Waals surface area contributed by atoms with Crippen LogP contribution in [0.25, 0.3) is 0 Å². The number of allylic oxidation sites excluding steroid dienone is 3. The van der Waals surface area contributed by atoms with Crippen molar-refractivity contribution in [2.75, 3.05) is 6.61 Å². The van der Waals surface area contributed by atoms with Crippen LogP contribution in [-0.4, -0.2) is 46.1 Å². The van der Waals surface area contributed by atoms with Gasteiger partial charge in [-0.15, -0.1) is 0 Å². The molecule has 0 heterocycles. The van der Waals surface area contributed by atoms with Crippen LogP contribution in [0.2, 0.25) is 0 Å². The average molecular weight is 762 g/mol. The second kappa shape index (κ2) is 44.5. The molecule has 0 aromatic rings. The molecule has 0 rings (SSSR count). The van der Waals surface area contributed by atoms with Crippen molar-refractivity contribution in [2.45, 2.75) is 276 Å². The summed E-state index contributed by atoms with van der Waals surface area (Å²) in [6.07, 6.45) is 54.7. The molecular weight excluding hydrogens is 667 g/mol. The Morgan fingerprint density at radius 3 is 1.13 bits per heavy atom. The van der Waals surface area contributed by atoms with Gasteiger partial charge >= 0.3 is 0 Å². The van der Waals surface area contributed by atoms with E-state index in [1.807, 2.05) is 6.08 Å². The zero-order valence-electron chi connectivity index (χ0n) is 36.4. The number of unbranched alkanes of at least 4 members (excludes halogenated alkanes) is 33. The van der Waals surface area contributed by atoms with Gasteiger partial charge in [-0.2, -0.15) is 0 Å². The van der Waals surface area contributed by atoms with Gasteiger partial charge in [0, 0.05) is 0 Å². The maximum absolute atomic E-state index is 12.5. The Bertz CT molecular complexity index is 799. The normalized spacial score (nSPS) is 13.6. The highest BCUT2D eigenvalue weighted by Crippen LogP contribution is 2.16. The van der Waals surface area contributed by atoms with Crippen molar-refractivity contribution in [1.82, 2.24) is 5.32 Å². The first-order chi connectivity index (χ1) is 26.5. The van der Waals surface area contributed by atoms with E-state index in [1.54, 1.807) is 6.08 Å². The number of hydrogen-bond donors (Lipinski definition) is 4. The lowest BCUT2D eigenvalue weighted by Crippen LogP contribution is -2.45. The van der Waals surface area contributed by atoms with E-state index >= 15 is 0 Å². The molecule has 0 radical (unpaired) electrons. The molecule has 320 valence electrons. The molecule has 0 bridgehead atoms. The van der Waals surface area contributed by atoms with Crippen molar-refractivity contribution in [3.05, 3.63) is 24.3 Å². The summed E-state index contributed by atoms with van der Waals surface area (Å²) in [6.45, 7) is 4.23. The van der Waals surface area contributed by atoms with Crippen LogP contribution in [0, 0.1) is 0 Å². The van der Waals surface area contributed by atoms with Gasteiger partial charge in [-0.25, -0.2) is 0 Å². The number of rotatable bonds is 44. The van der Waals surface area contributed by atoms with Crippen LogP contribution in [0.4, 0.5) is 0 Å². The SMILES string of the molecule is CCCCCCCCCCCCCC/C=C\CCCCCCCCCC(O)CC(=O)NC(CO)C(O)/C=C/CCCCCCCCCCCCCCCC. The fourth-order valence-electron chi connectivity index (χ4n) is 7.51. The lowest BCUT2D eigenvalue weighted by atomic mass is 10.0. The average Bonchev–Trinajstić information content (AvgIpc) is 3.16. The Balaban J connectivity index is 3.61. The molecule has 5 nitrogen and oxygen atoms in total. The highest BCUT2D eigenvalue weighted by Gasteiger charge is 2.20. The first-order valence-corrected chi connectivity index (χ1v) is 24.1. The summed E-state index contributed by atoms with van der Waals surface area (Å²) in [4.78, 5) is 12.5. The molecular formula is C49H95NO4. The molecule has 0 saturated carbocycles. The summed E-state index contributed by atoms with van der Waals surface area (Å²) in [5.74, 6) is -0.316. The highest BCUT2D eigenvalue weighted by atomic mass is 16.3. The number of aliphatic hydroxyl groups is 3. The molecule has 0 aromatic heterocycles. The number of carbonyl (C=O) groups excluding carboxylic acids is 1. The summed E-state index contributed by atoms with van der Waals surface area (Å²) in [7, 11) is 0. The summed E-state index contributed by atoms with van der Waals surface area (Å²) in [5.41, 5.74) is 0. The first kappa shape index (κ1) is 52.8. The summed E-state index contributed by atoms with van der Waals surface area (Å²) in [6, 6.07) is -0.744. The lowest BCUT2D eigenvalue weighted by Gasteiger charge is -2.21. The van der Waals surface area contributed by atoms with E-state index in [1.165, 1.54) is 205 Å². The molecule has 0 aliphatic heterocycles. The Kier molecular flexibility index (Phi) is 43.6. The Hall–Kier alpha value is -1.17. The topological polar surface area (TPSA) is 89.8 Å². The van der Waals surface area contributed by atoms with Crippen LogP contribution in [0.1, 0.15) is 258 Å². The molecule has 3 unspecified atom stereocenters. The van der Waals surface area contributed by atoms with E-state index in [4.69, 9.17) is 0 Å². The molecule has 0 spiro atoms. The third kappa shape index (κ3) is 40.5. The smallest absolute Gasteiger partial charge is 0.222 e. The monoisotopic (exact) mass is 762 g/mol. The zero-order valence-corrected chi connectivity index (χ0v) is 36.4. The van der Waals surface area contributed by atoms with Gasteiger partial charge in [0.15, 0.2) is 0 Å². The molecule has 1 amide bonds. The van der Waals surface area contributed by atoms with Gasteiger partial charge in [-0.1, -0.05) is 231 Å². The van der Waals surface area contributed by atoms with Crippen LogP contribution in [0.15, 0.2) is 24.3 Å². The lowest BCUT2D eigenvalue weighted by molar-refractivity contribution is -0.124. The quantitative estimate of drug-likeness (QED) is 0.0368. The fourth-order valence-corrected chi connectivity index (χ4v) is 7.51. The Morgan fingerprint density at radius 1 is 0.463 bits per heavy atom. The minimum atomic E-state index is -0.928. The Morgan fingerprint density at radius 2 is 0.778 bits per heavy atom. The van der Waals surface area contributed by atoms with E-state index in [0.717, 1.165) is 25.7 Å². The predicted octanol–water partition coefficient (Wildman–Crippen LogP) is 14.2. The summed E-state index contributed by atoms with van der Waals surface area (Å²) in [5, 5.41) is 33.3. The van der Waals surface area contributed by atoms with Gasteiger partial charge in [0.25, 0.3) is 0 Å². The van der Waals surface area contributed by atoms with E-state index in [-0.39, 0.29) is 18.9 Å². The van der Waals surface area contributed by atoms with Crippen LogP contribution in [-0.2, 0) is 4.79 Å². The molecule has 0 aliphatic carbocycles. The third-order valence-electron chi connectivity index (χ3n) is 11.2. The van der Waals surface area contributed by atoms with Crippen LogP contribution in [0.5, 0.6) is 0 Å². The standard InChI is InChI=1S/C49H95NO4/c1-3-5-7-9-11-13-15-17-19-21-22-23-24-25-26-27-28-30-32-34-36-38-40-42-46(52)44-49(54)50-47(45-51)48(53)43-41-39-37-35-33-31-29-20-18-16-14-12-10-8-6-4-2/h25-26,41,43,46-48,51-53H,3-24,27-40,42,44-45H2,1-2H3,(H,50,54)/b26-25-,43-41+. The molecule has 0 saturated heterocycles. The molecule has 0 aliphatic rings. The van der Waals surface area contributed by atoms with Crippen molar-refractivity contribution in [3.8, 4) is 0 Å². The maximum atomic E-state index is 12.5. The Labute approximate surface area is 337 Å². The summed E-state index contributed by atoms with van der Waals surface area (Å²) < 4.78 is 0. The van der Waals surface area contributed by atoms with Gasteiger partial charge in [0.1, 0.15) is 0 Å². The number of nitrogens with one attached hydrogen (secondary N) is 1. The molecule has 0 aromatic carbocycles. The largest absolute Gasteiger partial charge is 0.394 e. The maximum Gasteiger partial charge on any atom is 0.222 e. The van der Waals surface area contributed by atoms with Gasteiger partial charge in [0.05, 0.1) is 31.3 Å². The van der Waals surface area contributed by atoms with Gasteiger partial charge < -0.3 is 20.6 Å². The van der Waals surface area contributed by atoms with E-state index in [2.05, 4.69) is 31.3 Å². The summed E-state index contributed by atoms with van der Waals surface area (Å²) >= 11 is 0. The van der Waals surface area contributed by atoms with E-state index < -0.39 is 18.2 Å². The second-order valence-corrected chi connectivity index (χ2v) is 16.7. The molecule has 4 N–H and O–H groups in total. The minimum Gasteiger partial charge on any atom is -0.394 e. The molecule has 54 heavy (non-hydrogen) atoms. The zero-order chi connectivity index (χ0) is 39.4.